The lowest BCUT2D eigenvalue weighted by Gasteiger charge is -2.33. The molecule has 120 valence electrons. The number of carbonyl (C=O) groups excluding carboxylic acids is 1. The Hall–Kier alpha value is -2.04. The van der Waals surface area contributed by atoms with Gasteiger partial charge in [-0.3, -0.25) is 4.79 Å². The summed E-state index contributed by atoms with van der Waals surface area (Å²) in [6, 6.07) is 3.98. The Bertz CT molecular complexity index is 760. The summed E-state index contributed by atoms with van der Waals surface area (Å²) in [6.07, 6.45) is 4.94. The zero-order chi connectivity index (χ0) is 16.0. The van der Waals surface area contributed by atoms with Crippen molar-refractivity contribution in [1.29, 1.82) is 0 Å². The van der Waals surface area contributed by atoms with Gasteiger partial charge in [-0.15, -0.1) is 0 Å². The highest BCUT2D eigenvalue weighted by Crippen LogP contribution is 2.40. The Morgan fingerprint density at radius 2 is 2.17 bits per heavy atom. The molecule has 23 heavy (non-hydrogen) atoms. The van der Waals surface area contributed by atoms with E-state index in [2.05, 4.69) is 21.8 Å². The third kappa shape index (κ3) is 2.69. The van der Waals surface area contributed by atoms with Crippen molar-refractivity contribution in [2.75, 3.05) is 13.1 Å². The number of fused-ring (bicyclic) bond motifs is 1. The molecule has 3 atom stereocenters. The maximum atomic E-state index is 12.6. The van der Waals surface area contributed by atoms with Gasteiger partial charge in [-0.05, 0) is 44.2 Å². The summed E-state index contributed by atoms with van der Waals surface area (Å²) in [7, 11) is 0. The van der Waals surface area contributed by atoms with Gasteiger partial charge in [0.2, 0.25) is 5.91 Å². The maximum Gasteiger partial charge on any atom is 0.225 e. The summed E-state index contributed by atoms with van der Waals surface area (Å²) in [5.41, 5.74) is 1.82. The number of hydrogen-bond donors (Lipinski definition) is 0. The van der Waals surface area contributed by atoms with E-state index in [0.717, 1.165) is 54.9 Å². The standard InChI is InChI=1S/C18H22N4O/c1-11-9-15(11)18(23)22-8-4-5-13(10-22)16-14-6-3-7-19-17(14)21-12(2)20-16/h3,6-7,11,13,15H,4-5,8-10H2,1-2H3/t11-,13-,15+/m1/s1. The van der Waals surface area contributed by atoms with Crippen LogP contribution in [-0.2, 0) is 4.79 Å². The zero-order valence-electron chi connectivity index (χ0n) is 13.7. The van der Waals surface area contributed by atoms with Gasteiger partial charge in [-0.1, -0.05) is 6.92 Å². The molecule has 1 saturated carbocycles. The number of hydrogen-bond acceptors (Lipinski definition) is 4. The molecule has 5 heteroatoms. The summed E-state index contributed by atoms with van der Waals surface area (Å²) in [6.45, 7) is 5.74. The second-order valence-corrected chi connectivity index (χ2v) is 6.97. The lowest BCUT2D eigenvalue weighted by atomic mass is 9.92. The van der Waals surface area contributed by atoms with Gasteiger partial charge in [0.05, 0.1) is 5.69 Å². The summed E-state index contributed by atoms with van der Waals surface area (Å²) >= 11 is 0. The van der Waals surface area contributed by atoms with Crippen molar-refractivity contribution in [3.63, 3.8) is 0 Å². The van der Waals surface area contributed by atoms with E-state index in [-0.39, 0.29) is 11.8 Å². The summed E-state index contributed by atoms with van der Waals surface area (Å²) in [5.74, 6) is 2.21. The molecule has 2 aromatic heterocycles. The van der Waals surface area contributed by atoms with Crippen LogP contribution < -0.4 is 0 Å². The molecule has 0 N–H and O–H groups in total. The molecular weight excluding hydrogens is 288 g/mol. The topological polar surface area (TPSA) is 59.0 Å². The minimum Gasteiger partial charge on any atom is -0.342 e. The van der Waals surface area contributed by atoms with Crippen molar-refractivity contribution >= 4 is 16.9 Å². The number of likely N-dealkylation sites (tertiary alicyclic amines) is 1. The molecule has 1 saturated heterocycles. The first-order chi connectivity index (χ1) is 11.1. The molecule has 0 radical (unpaired) electrons. The van der Waals surface area contributed by atoms with E-state index >= 15 is 0 Å². The first-order valence-corrected chi connectivity index (χ1v) is 8.51. The molecule has 0 aromatic carbocycles. The normalized spacial score (nSPS) is 27.2. The van der Waals surface area contributed by atoms with E-state index in [1.54, 1.807) is 6.20 Å². The third-order valence-electron chi connectivity index (χ3n) is 5.16. The van der Waals surface area contributed by atoms with Crippen LogP contribution in [0, 0.1) is 18.8 Å². The molecule has 1 aliphatic heterocycles. The fraction of sp³-hybridized carbons (Fsp3) is 0.556. The molecule has 2 fully saturated rings. The van der Waals surface area contributed by atoms with Crippen molar-refractivity contribution < 1.29 is 4.79 Å². The first-order valence-electron chi connectivity index (χ1n) is 8.51. The molecule has 2 aromatic rings. The monoisotopic (exact) mass is 310 g/mol. The number of pyridine rings is 1. The van der Waals surface area contributed by atoms with E-state index in [1.807, 2.05) is 19.1 Å². The average molecular weight is 310 g/mol. The van der Waals surface area contributed by atoms with Gasteiger partial charge in [0.15, 0.2) is 5.65 Å². The van der Waals surface area contributed by atoms with Crippen LogP contribution in [0.15, 0.2) is 18.3 Å². The van der Waals surface area contributed by atoms with Crippen LogP contribution in [0.2, 0.25) is 0 Å². The van der Waals surface area contributed by atoms with Crippen LogP contribution in [0.3, 0.4) is 0 Å². The first kappa shape index (κ1) is 14.5. The van der Waals surface area contributed by atoms with Crippen molar-refractivity contribution in [3.8, 4) is 0 Å². The van der Waals surface area contributed by atoms with Gasteiger partial charge in [-0.25, -0.2) is 15.0 Å². The highest BCUT2D eigenvalue weighted by Gasteiger charge is 2.42. The van der Waals surface area contributed by atoms with Crippen molar-refractivity contribution in [3.05, 3.63) is 29.8 Å². The van der Waals surface area contributed by atoms with Gasteiger partial charge in [0, 0.05) is 36.5 Å². The van der Waals surface area contributed by atoms with Gasteiger partial charge >= 0.3 is 0 Å². The van der Waals surface area contributed by atoms with E-state index in [9.17, 15) is 4.79 Å². The SMILES string of the molecule is Cc1nc([C@@H]2CCCN(C(=O)[C@H]3C[C@H]3C)C2)c2cccnc2n1. The maximum absolute atomic E-state index is 12.6. The molecular formula is C18H22N4O. The van der Waals surface area contributed by atoms with Crippen molar-refractivity contribution in [2.45, 2.75) is 39.0 Å². The number of rotatable bonds is 2. The van der Waals surface area contributed by atoms with Crippen LogP contribution in [0.5, 0.6) is 0 Å². The molecule has 0 bridgehead atoms. The van der Waals surface area contributed by atoms with E-state index in [1.165, 1.54) is 0 Å². The quantitative estimate of drug-likeness (QED) is 0.855. The minimum absolute atomic E-state index is 0.263. The fourth-order valence-electron chi connectivity index (χ4n) is 3.71. The highest BCUT2D eigenvalue weighted by molar-refractivity contribution is 5.82. The summed E-state index contributed by atoms with van der Waals surface area (Å²) in [5, 5.41) is 1.03. The second kappa shape index (κ2) is 5.55. The minimum atomic E-state index is 0.263. The highest BCUT2D eigenvalue weighted by atomic mass is 16.2. The van der Waals surface area contributed by atoms with Crippen molar-refractivity contribution in [2.24, 2.45) is 11.8 Å². The largest absolute Gasteiger partial charge is 0.342 e. The second-order valence-electron chi connectivity index (χ2n) is 6.97. The number of aryl methyl sites for hydroxylation is 1. The Morgan fingerprint density at radius 1 is 1.35 bits per heavy atom. The van der Waals surface area contributed by atoms with Crippen LogP contribution >= 0.6 is 0 Å². The Kier molecular flexibility index (Phi) is 3.51. The molecule has 4 rings (SSSR count). The Labute approximate surface area is 136 Å². The Morgan fingerprint density at radius 3 is 2.96 bits per heavy atom. The molecule has 5 nitrogen and oxygen atoms in total. The number of nitrogens with zero attached hydrogens (tertiary/aromatic N) is 4. The molecule has 1 aliphatic carbocycles. The summed E-state index contributed by atoms with van der Waals surface area (Å²) in [4.78, 5) is 28.1. The predicted octanol–water partition coefficient (Wildman–Crippen LogP) is 2.70. The predicted molar refractivity (Wildman–Crippen MR) is 87.9 cm³/mol. The lowest BCUT2D eigenvalue weighted by molar-refractivity contribution is -0.134. The van der Waals surface area contributed by atoms with Gasteiger partial charge in [0.1, 0.15) is 5.82 Å². The Balaban J connectivity index is 1.64. The molecule has 0 spiro atoms. The number of aromatic nitrogens is 3. The lowest BCUT2D eigenvalue weighted by Crippen LogP contribution is -2.40. The average Bonchev–Trinajstić information content (AvgIpc) is 3.30. The smallest absolute Gasteiger partial charge is 0.225 e. The summed E-state index contributed by atoms with van der Waals surface area (Å²) < 4.78 is 0. The van der Waals surface area contributed by atoms with Crippen LogP contribution in [0.25, 0.3) is 11.0 Å². The zero-order valence-corrected chi connectivity index (χ0v) is 13.7. The number of carbonyl (C=O) groups is 1. The number of piperidine rings is 1. The van der Waals surface area contributed by atoms with Crippen molar-refractivity contribution in [1.82, 2.24) is 19.9 Å². The van der Waals surface area contributed by atoms with Crippen LogP contribution in [0.1, 0.15) is 43.6 Å². The van der Waals surface area contributed by atoms with Gasteiger partial charge in [0.25, 0.3) is 0 Å². The fourth-order valence-corrected chi connectivity index (χ4v) is 3.71. The molecule has 2 aliphatic rings. The molecule has 0 unspecified atom stereocenters. The molecule has 3 heterocycles. The van der Waals surface area contributed by atoms with E-state index < -0.39 is 0 Å². The van der Waals surface area contributed by atoms with E-state index in [4.69, 9.17) is 4.98 Å². The van der Waals surface area contributed by atoms with Crippen LogP contribution in [0.4, 0.5) is 0 Å². The van der Waals surface area contributed by atoms with Gasteiger partial charge < -0.3 is 4.90 Å². The third-order valence-corrected chi connectivity index (χ3v) is 5.16. The van der Waals surface area contributed by atoms with Crippen LogP contribution in [-0.4, -0.2) is 38.8 Å². The molecule has 1 amide bonds. The van der Waals surface area contributed by atoms with E-state index in [0.29, 0.717) is 11.8 Å². The number of amides is 1. The van der Waals surface area contributed by atoms with Gasteiger partial charge in [-0.2, -0.15) is 0 Å².